The van der Waals surface area contributed by atoms with Crippen LogP contribution in [0.15, 0.2) is 52.3 Å². The molecule has 0 bridgehead atoms. The fourth-order valence-corrected chi connectivity index (χ4v) is 3.79. The normalized spacial score (nSPS) is 12.1. The zero-order valence-corrected chi connectivity index (χ0v) is 14.6. The van der Waals surface area contributed by atoms with E-state index in [1.165, 1.54) is 37.4 Å². The fraction of sp³-hybridized carbons (Fsp3) is 0.200. The van der Waals surface area contributed by atoms with E-state index in [1.54, 1.807) is 12.1 Å². The van der Waals surface area contributed by atoms with Gasteiger partial charge in [-0.05, 0) is 68.4 Å². The van der Waals surface area contributed by atoms with E-state index in [1.807, 2.05) is 13.8 Å². The Morgan fingerprint density at radius 1 is 0.739 bits per heavy atom. The van der Waals surface area contributed by atoms with Crippen molar-refractivity contribution < 1.29 is 16.8 Å². The van der Waals surface area contributed by atoms with Gasteiger partial charge in [0.1, 0.15) is 0 Å². The maximum atomic E-state index is 12.4. The molecule has 2 aromatic carbocycles. The zero-order chi connectivity index (χ0) is 17.3. The SMILES string of the molecule is CNS(=O)(=O)c1ccc(NS(=O)(=O)c2ccc(C)c(C)c2)cc1. The molecule has 2 aromatic rings. The van der Waals surface area contributed by atoms with Crippen LogP contribution in [0.1, 0.15) is 11.1 Å². The van der Waals surface area contributed by atoms with Crippen molar-refractivity contribution in [1.29, 1.82) is 0 Å². The fourth-order valence-electron chi connectivity index (χ4n) is 1.92. The first kappa shape index (κ1) is 17.5. The van der Waals surface area contributed by atoms with Gasteiger partial charge in [-0.3, -0.25) is 4.72 Å². The van der Waals surface area contributed by atoms with Crippen LogP contribution in [0, 0.1) is 13.8 Å². The molecule has 2 N–H and O–H groups in total. The van der Waals surface area contributed by atoms with Gasteiger partial charge < -0.3 is 0 Å². The van der Waals surface area contributed by atoms with Gasteiger partial charge in [-0.15, -0.1) is 0 Å². The zero-order valence-electron chi connectivity index (χ0n) is 13.0. The standard InChI is InChI=1S/C15H18N2O4S2/c1-11-4-7-15(10-12(11)2)23(20,21)17-13-5-8-14(9-6-13)22(18,19)16-3/h4-10,16-17H,1-3H3. The van der Waals surface area contributed by atoms with Crippen molar-refractivity contribution >= 4 is 25.7 Å². The minimum Gasteiger partial charge on any atom is -0.280 e. The van der Waals surface area contributed by atoms with Crippen molar-refractivity contribution in [2.24, 2.45) is 0 Å². The molecule has 2 rings (SSSR count). The largest absolute Gasteiger partial charge is 0.280 e. The number of sulfonamides is 2. The smallest absolute Gasteiger partial charge is 0.261 e. The lowest BCUT2D eigenvalue weighted by Crippen LogP contribution is -2.18. The third kappa shape index (κ3) is 3.90. The third-order valence-electron chi connectivity index (χ3n) is 3.47. The van der Waals surface area contributed by atoms with E-state index < -0.39 is 20.0 Å². The maximum Gasteiger partial charge on any atom is 0.261 e. The van der Waals surface area contributed by atoms with Crippen LogP contribution in [0.5, 0.6) is 0 Å². The molecule has 0 aliphatic carbocycles. The van der Waals surface area contributed by atoms with E-state index in [0.717, 1.165) is 11.1 Å². The number of benzene rings is 2. The van der Waals surface area contributed by atoms with Crippen LogP contribution in [0.4, 0.5) is 5.69 Å². The molecule has 0 saturated carbocycles. The lowest BCUT2D eigenvalue weighted by Gasteiger charge is -2.10. The van der Waals surface area contributed by atoms with Gasteiger partial charge in [0, 0.05) is 5.69 Å². The van der Waals surface area contributed by atoms with Gasteiger partial charge >= 0.3 is 0 Å². The topological polar surface area (TPSA) is 92.3 Å². The van der Waals surface area contributed by atoms with Crippen LogP contribution >= 0.6 is 0 Å². The Balaban J connectivity index is 2.29. The molecule has 0 atom stereocenters. The maximum absolute atomic E-state index is 12.4. The van der Waals surface area contributed by atoms with Crippen LogP contribution < -0.4 is 9.44 Å². The summed E-state index contributed by atoms with van der Waals surface area (Å²) < 4.78 is 52.6. The molecule has 0 saturated heterocycles. The number of aryl methyl sites for hydroxylation is 2. The van der Waals surface area contributed by atoms with Gasteiger partial charge in [-0.1, -0.05) is 6.07 Å². The third-order valence-corrected chi connectivity index (χ3v) is 6.28. The predicted octanol–water partition coefficient (Wildman–Crippen LogP) is 2.01. The quantitative estimate of drug-likeness (QED) is 0.859. The monoisotopic (exact) mass is 354 g/mol. The second kappa shape index (κ2) is 6.31. The highest BCUT2D eigenvalue weighted by Gasteiger charge is 2.16. The average molecular weight is 354 g/mol. The van der Waals surface area contributed by atoms with Gasteiger partial charge in [-0.25, -0.2) is 21.6 Å². The lowest BCUT2D eigenvalue weighted by molar-refractivity contribution is 0.588. The highest BCUT2D eigenvalue weighted by Crippen LogP contribution is 2.20. The number of nitrogens with one attached hydrogen (secondary N) is 2. The first-order valence-electron chi connectivity index (χ1n) is 6.79. The molecule has 0 aliphatic heterocycles. The van der Waals surface area contributed by atoms with E-state index in [4.69, 9.17) is 0 Å². The molecule has 6 nitrogen and oxygen atoms in total. The number of hydrogen-bond acceptors (Lipinski definition) is 4. The van der Waals surface area contributed by atoms with Crippen LogP contribution in [0.2, 0.25) is 0 Å². The first-order valence-corrected chi connectivity index (χ1v) is 9.76. The molecule has 0 aliphatic rings. The van der Waals surface area contributed by atoms with Gasteiger partial charge in [-0.2, -0.15) is 0 Å². The molecule has 0 amide bonds. The number of rotatable bonds is 5. The summed E-state index contributed by atoms with van der Waals surface area (Å²) in [5.41, 5.74) is 2.17. The van der Waals surface area contributed by atoms with E-state index in [9.17, 15) is 16.8 Å². The molecule has 0 aromatic heterocycles. The summed E-state index contributed by atoms with van der Waals surface area (Å²) in [5.74, 6) is 0. The van der Waals surface area contributed by atoms with Crippen molar-refractivity contribution in [2.45, 2.75) is 23.6 Å². The van der Waals surface area contributed by atoms with E-state index in [0.29, 0.717) is 5.69 Å². The van der Waals surface area contributed by atoms with Gasteiger partial charge in [0.25, 0.3) is 10.0 Å². The van der Waals surface area contributed by atoms with Crippen molar-refractivity contribution in [3.05, 3.63) is 53.6 Å². The van der Waals surface area contributed by atoms with Crippen molar-refractivity contribution in [3.63, 3.8) is 0 Å². The molecular weight excluding hydrogens is 336 g/mol. The Morgan fingerprint density at radius 2 is 1.30 bits per heavy atom. The molecule has 0 heterocycles. The van der Waals surface area contributed by atoms with Crippen LogP contribution in [-0.2, 0) is 20.0 Å². The summed E-state index contributed by atoms with van der Waals surface area (Å²) in [7, 11) is -5.96. The minimum atomic E-state index is -3.72. The van der Waals surface area contributed by atoms with Crippen LogP contribution in [0.25, 0.3) is 0 Å². The number of hydrogen-bond donors (Lipinski definition) is 2. The summed E-state index contributed by atoms with van der Waals surface area (Å²) >= 11 is 0. The number of anilines is 1. The Labute approximate surface area is 136 Å². The Morgan fingerprint density at radius 3 is 1.83 bits per heavy atom. The summed E-state index contributed by atoms with van der Waals surface area (Å²) in [6.07, 6.45) is 0. The summed E-state index contributed by atoms with van der Waals surface area (Å²) in [6.45, 7) is 3.74. The van der Waals surface area contributed by atoms with Gasteiger partial charge in [0.2, 0.25) is 10.0 Å². The molecule has 124 valence electrons. The predicted molar refractivity (Wildman–Crippen MR) is 89.4 cm³/mol. The van der Waals surface area contributed by atoms with E-state index in [2.05, 4.69) is 9.44 Å². The molecule has 0 unspecified atom stereocenters. The second-order valence-electron chi connectivity index (χ2n) is 5.08. The molecule has 0 fully saturated rings. The van der Waals surface area contributed by atoms with E-state index in [-0.39, 0.29) is 9.79 Å². The Bertz CT molecular complexity index is 918. The van der Waals surface area contributed by atoms with Gasteiger partial charge in [0.05, 0.1) is 9.79 Å². The molecule has 8 heteroatoms. The lowest BCUT2D eigenvalue weighted by atomic mass is 10.1. The molecular formula is C15H18N2O4S2. The minimum absolute atomic E-state index is 0.0640. The first-order chi connectivity index (χ1) is 10.7. The van der Waals surface area contributed by atoms with Crippen molar-refractivity contribution in [3.8, 4) is 0 Å². The van der Waals surface area contributed by atoms with Gasteiger partial charge in [0.15, 0.2) is 0 Å². The summed E-state index contributed by atoms with van der Waals surface area (Å²) in [6, 6.07) is 10.4. The average Bonchev–Trinajstić information content (AvgIpc) is 2.50. The van der Waals surface area contributed by atoms with Crippen molar-refractivity contribution in [1.82, 2.24) is 4.72 Å². The second-order valence-corrected chi connectivity index (χ2v) is 8.65. The van der Waals surface area contributed by atoms with E-state index >= 15 is 0 Å². The molecule has 23 heavy (non-hydrogen) atoms. The summed E-state index contributed by atoms with van der Waals surface area (Å²) in [5, 5.41) is 0. The summed E-state index contributed by atoms with van der Waals surface area (Å²) in [4.78, 5) is 0.224. The molecule has 0 spiro atoms. The van der Waals surface area contributed by atoms with Crippen molar-refractivity contribution in [2.75, 3.05) is 11.8 Å². The van der Waals surface area contributed by atoms with Crippen LogP contribution in [-0.4, -0.2) is 23.9 Å². The highest BCUT2D eigenvalue weighted by molar-refractivity contribution is 7.92. The Hall–Kier alpha value is -1.90. The van der Waals surface area contributed by atoms with Crippen LogP contribution in [0.3, 0.4) is 0 Å². The molecule has 0 radical (unpaired) electrons. The Kier molecular flexibility index (Phi) is 4.79. The highest BCUT2D eigenvalue weighted by atomic mass is 32.2.